The van der Waals surface area contributed by atoms with Gasteiger partial charge in [-0.3, -0.25) is 0 Å². The summed E-state index contributed by atoms with van der Waals surface area (Å²) in [6.45, 7) is 4.02. The van der Waals surface area contributed by atoms with E-state index in [9.17, 15) is 8.78 Å². The molecule has 1 aromatic rings. The first kappa shape index (κ1) is 12.5. The van der Waals surface area contributed by atoms with Crippen LogP contribution in [0.4, 0.5) is 8.78 Å². The molecule has 2 atom stereocenters. The van der Waals surface area contributed by atoms with Crippen LogP contribution in [0.15, 0.2) is 18.2 Å². The Morgan fingerprint density at radius 2 is 2.06 bits per heavy atom. The summed E-state index contributed by atoms with van der Waals surface area (Å²) < 4.78 is 26.4. The standard InChI is InChI=1S/C14H19F2N/c1-9-3-4-12(10(2)7-9)13(17)11-5-6-14(15,16)8-11/h3-4,7,11,13H,5-6,8,17H2,1-2H3. The molecule has 0 bridgehead atoms. The van der Waals surface area contributed by atoms with Gasteiger partial charge in [0.1, 0.15) is 0 Å². The smallest absolute Gasteiger partial charge is 0.248 e. The second kappa shape index (κ2) is 4.37. The Morgan fingerprint density at radius 3 is 2.59 bits per heavy atom. The number of rotatable bonds is 2. The lowest BCUT2D eigenvalue weighted by Gasteiger charge is -2.21. The van der Waals surface area contributed by atoms with Crippen LogP contribution in [0.1, 0.15) is 42.0 Å². The topological polar surface area (TPSA) is 26.0 Å². The van der Waals surface area contributed by atoms with E-state index in [4.69, 9.17) is 5.73 Å². The van der Waals surface area contributed by atoms with Gasteiger partial charge in [0, 0.05) is 18.9 Å². The van der Waals surface area contributed by atoms with Crippen LogP contribution in [-0.2, 0) is 0 Å². The molecule has 3 heteroatoms. The fraction of sp³-hybridized carbons (Fsp3) is 0.571. The molecule has 1 aliphatic carbocycles. The van der Waals surface area contributed by atoms with Crippen LogP contribution in [0.2, 0.25) is 0 Å². The first-order valence-corrected chi connectivity index (χ1v) is 6.09. The van der Waals surface area contributed by atoms with Gasteiger partial charge < -0.3 is 5.73 Å². The number of nitrogens with two attached hydrogens (primary N) is 1. The van der Waals surface area contributed by atoms with Crippen LogP contribution in [0.3, 0.4) is 0 Å². The maximum Gasteiger partial charge on any atom is 0.248 e. The lowest BCUT2D eigenvalue weighted by atomic mass is 9.89. The molecule has 0 spiro atoms. The Morgan fingerprint density at radius 1 is 1.35 bits per heavy atom. The van der Waals surface area contributed by atoms with Crippen LogP contribution in [0.5, 0.6) is 0 Å². The van der Waals surface area contributed by atoms with E-state index in [0.717, 1.165) is 11.1 Å². The number of aryl methyl sites for hydroxylation is 2. The highest BCUT2D eigenvalue weighted by atomic mass is 19.3. The third kappa shape index (κ3) is 2.65. The maximum atomic E-state index is 13.2. The highest BCUT2D eigenvalue weighted by Crippen LogP contribution is 2.43. The van der Waals surface area contributed by atoms with E-state index in [0.29, 0.717) is 6.42 Å². The van der Waals surface area contributed by atoms with Crippen LogP contribution in [-0.4, -0.2) is 5.92 Å². The molecule has 0 aromatic heterocycles. The highest BCUT2D eigenvalue weighted by molar-refractivity contribution is 5.33. The molecule has 17 heavy (non-hydrogen) atoms. The molecule has 1 aliphatic rings. The van der Waals surface area contributed by atoms with Crippen molar-refractivity contribution >= 4 is 0 Å². The van der Waals surface area contributed by atoms with Gasteiger partial charge in [-0.25, -0.2) is 8.78 Å². The SMILES string of the molecule is Cc1ccc(C(N)C2CCC(F)(F)C2)c(C)c1. The molecule has 1 fully saturated rings. The minimum absolute atomic E-state index is 0.0176. The van der Waals surface area contributed by atoms with Gasteiger partial charge in [0.05, 0.1) is 0 Å². The van der Waals surface area contributed by atoms with E-state index < -0.39 is 5.92 Å². The van der Waals surface area contributed by atoms with Crippen molar-refractivity contribution in [2.24, 2.45) is 11.7 Å². The lowest BCUT2D eigenvalue weighted by molar-refractivity contribution is 0.00389. The average molecular weight is 239 g/mol. The van der Waals surface area contributed by atoms with Crippen LogP contribution in [0, 0.1) is 19.8 Å². The number of alkyl halides is 2. The average Bonchev–Trinajstić information content (AvgIpc) is 2.58. The highest BCUT2D eigenvalue weighted by Gasteiger charge is 2.42. The van der Waals surface area contributed by atoms with E-state index in [1.807, 2.05) is 26.0 Å². The Hall–Kier alpha value is -0.960. The van der Waals surface area contributed by atoms with Crippen molar-refractivity contribution in [2.75, 3.05) is 0 Å². The van der Waals surface area contributed by atoms with Crippen molar-refractivity contribution in [3.63, 3.8) is 0 Å². The van der Waals surface area contributed by atoms with Crippen molar-refractivity contribution in [3.8, 4) is 0 Å². The minimum Gasteiger partial charge on any atom is -0.324 e. The Balaban J connectivity index is 2.17. The van der Waals surface area contributed by atoms with Gasteiger partial charge in [0.15, 0.2) is 0 Å². The molecule has 0 radical (unpaired) electrons. The molecule has 94 valence electrons. The number of hydrogen-bond donors (Lipinski definition) is 1. The normalized spacial score (nSPS) is 24.9. The predicted octanol–water partition coefficient (Wildman–Crippen LogP) is 3.74. The summed E-state index contributed by atoms with van der Waals surface area (Å²) in [5.74, 6) is -2.60. The van der Waals surface area contributed by atoms with E-state index in [1.54, 1.807) is 0 Å². The van der Waals surface area contributed by atoms with Crippen molar-refractivity contribution in [3.05, 3.63) is 34.9 Å². The summed E-state index contributed by atoms with van der Waals surface area (Å²) >= 11 is 0. The third-order valence-corrected chi connectivity index (χ3v) is 3.73. The van der Waals surface area contributed by atoms with Crippen molar-refractivity contribution in [2.45, 2.75) is 45.1 Å². The predicted molar refractivity (Wildman–Crippen MR) is 65.1 cm³/mol. The van der Waals surface area contributed by atoms with Crippen LogP contribution < -0.4 is 5.73 Å². The summed E-state index contributed by atoms with van der Waals surface area (Å²) in [6.07, 6.45) is 0.444. The Labute approximate surface area is 101 Å². The van der Waals surface area contributed by atoms with Crippen LogP contribution in [0.25, 0.3) is 0 Å². The van der Waals surface area contributed by atoms with Crippen molar-refractivity contribution in [1.29, 1.82) is 0 Å². The van der Waals surface area contributed by atoms with E-state index >= 15 is 0 Å². The van der Waals surface area contributed by atoms with E-state index in [1.165, 1.54) is 5.56 Å². The van der Waals surface area contributed by atoms with Crippen LogP contribution >= 0.6 is 0 Å². The van der Waals surface area contributed by atoms with Gasteiger partial charge >= 0.3 is 0 Å². The first-order valence-electron chi connectivity index (χ1n) is 6.09. The first-order chi connectivity index (χ1) is 7.89. The minimum atomic E-state index is -2.51. The molecule has 2 N–H and O–H groups in total. The van der Waals surface area contributed by atoms with Crippen molar-refractivity contribution < 1.29 is 8.78 Å². The second-order valence-corrected chi connectivity index (χ2v) is 5.24. The monoisotopic (exact) mass is 239 g/mol. The Kier molecular flexibility index (Phi) is 3.21. The number of benzene rings is 1. The molecular weight excluding hydrogens is 220 g/mol. The zero-order valence-electron chi connectivity index (χ0n) is 10.3. The summed E-state index contributed by atoms with van der Waals surface area (Å²) in [7, 11) is 0. The largest absolute Gasteiger partial charge is 0.324 e. The molecule has 0 amide bonds. The van der Waals surface area contributed by atoms with Gasteiger partial charge in [-0.1, -0.05) is 23.8 Å². The van der Waals surface area contributed by atoms with Gasteiger partial charge in [-0.2, -0.15) is 0 Å². The fourth-order valence-corrected chi connectivity index (χ4v) is 2.74. The van der Waals surface area contributed by atoms with Gasteiger partial charge in [-0.15, -0.1) is 0 Å². The molecule has 2 rings (SSSR count). The molecule has 2 unspecified atom stereocenters. The fourth-order valence-electron chi connectivity index (χ4n) is 2.74. The molecule has 1 saturated carbocycles. The zero-order chi connectivity index (χ0) is 12.6. The molecule has 1 aromatic carbocycles. The molecule has 0 heterocycles. The Bertz CT molecular complexity index is 415. The lowest BCUT2D eigenvalue weighted by Crippen LogP contribution is -2.22. The second-order valence-electron chi connectivity index (χ2n) is 5.24. The maximum absolute atomic E-state index is 13.2. The van der Waals surface area contributed by atoms with Crippen molar-refractivity contribution in [1.82, 2.24) is 0 Å². The van der Waals surface area contributed by atoms with E-state index in [2.05, 4.69) is 6.07 Å². The summed E-state index contributed by atoms with van der Waals surface area (Å²) in [4.78, 5) is 0. The quantitative estimate of drug-likeness (QED) is 0.836. The summed E-state index contributed by atoms with van der Waals surface area (Å²) in [5.41, 5.74) is 9.43. The number of halogens is 2. The molecule has 0 aliphatic heterocycles. The molecular formula is C14H19F2N. The molecule has 1 nitrogen and oxygen atoms in total. The zero-order valence-corrected chi connectivity index (χ0v) is 10.3. The number of hydrogen-bond acceptors (Lipinski definition) is 1. The van der Waals surface area contributed by atoms with Gasteiger partial charge in [-0.05, 0) is 37.3 Å². The summed E-state index contributed by atoms with van der Waals surface area (Å²) in [6, 6.07) is 5.77. The summed E-state index contributed by atoms with van der Waals surface area (Å²) in [5, 5.41) is 0. The van der Waals surface area contributed by atoms with Gasteiger partial charge in [0.2, 0.25) is 5.92 Å². The van der Waals surface area contributed by atoms with E-state index in [-0.39, 0.29) is 24.8 Å². The molecule has 0 saturated heterocycles. The van der Waals surface area contributed by atoms with Gasteiger partial charge in [0.25, 0.3) is 0 Å². The third-order valence-electron chi connectivity index (χ3n) is 3.73.